The molecule has 0 atom stereocenters. The summed E-state index contributed by atoms with van der Waals surface area (Å²) in [5, 5.41) is 1.44. The van der Waals surface area contributed by atoms with Gasteiger partial charge in [-0.25, -0.2) is 0 Å². The van der Waals surface area contributed by atoms with E-state index < -0.39 is 0 Å². The summed E-state index contributed by atoms with van der Waals surface area (Å²) in [6.07, 6.45) is 0. The van der Waals surface area contributed by atoms with Crippen LogP contribution >= 0.6 is 27.5 Å². The van der Waals surface area contributed by atoms with Gasteiger partial charge in [0.05, 0.1) is 11.2 Å². The van der Waals surface area contributed by atoms with Gasteiger partial charge in [0.2, 0.25) is 0 Å². The Morgan fingerprint density at radius 3 is 2.61 bits per heavy atom. The van der Waals surface area contributed by atoms with Gasteiger partial charge in [-0.15, -0.1) is 0 Å². The molecule has 0 aliphatic carbocycles. The van der Waals surface area contributed by atoms with E-state index in [9.17, 15) is 4.79 Å². The number of hydrogen-bond donors (Lipinski definition) is 0. The molecule has 0 saturated heterocycles. The first-order valence-corrected chi connectivity index (χ1v) is 9.69. The molecule has 0 aliphatic heterocycles. The quantitative estimate of drug-likeness (QED) is 0.322. The first-order chi connectivity index (χ1) is 13.5. The molecule has 3 aromatic carbocycles. The van der Waals surface area contributed by atoms with Crippen molar-refractivity contribution in [2.24, 2.45) is 0 Å². The highest BCUT2D eigenvalue weighted by Gasteiger charge is 2.14. The molecule has 0 spiro atoms. The summed E-state index contributed by atoms with van der Waals surface area (Å²) in [6.45, 7) is 1.51. The number of hydrogen-bond acceptors (Lipinski definition) is 4. The van der Waals surface area contributed by atoms with E-state index in [1.807, 2.05) is 42.5 Å². The van der Waals surface area contributed by atoms with Crippen LogP contribution < -0.4 is 4.74 Å². The summed E-state index contributed by atoms with van der Waals surface area (Å²) >= 11 is 9.92. The minimum atomic E-state index is -0.0357. The van der Waals surface area contributed by atoms with E-state index in [4.69, 9.17) is 16.3 Å². The maximum Gasteiger partial charge on any atom is 0.323 e. The van der Waals surface area contributed by atoms with Gasteiger partial charge in [-0.3, -0.25) is 4.79 Å². The Hall–Kier alpha value is -2.76. The van der Waals surface area contributed by atoms with Gasteiger partial charge >= 0.3 is 6.01 Å². The van der Waals surface area contributed by atoms with Crippen LogP contribution in [0, 0.1) is 0 Å². The smallest absolute Gasteiger partial charge is 0.323 e. The molecule has 0 saturated carbocycles. The van der Waals surface area contributed by atoms with Crippen molar-refractivity contribution in [1.29, 1.82) is 0 Å². The van der Waals surface area contributed by atoms with Gasteiger partial charge in [0.1, 0.15) is 5.75 Å². The monoisotopic (exact) mass is 452 g/mol. The summed E-state index contributed by atoms with van der Waals surface area (Å²) in [5.41, 5.74) is 2.76. The minimum absolute atomic E-state index is 0.0357. The number of nitrogens with zero attached hydrogens (tertiary/aromatic N) is 2. The largest absolute Gasteiger partial charge is 0.424 e. The maximum absolute atomic E-state index is 11.6. The van der Waals surface area contributed by atoms with Gasteiger partial charge in [-0.2, -0.15) is 9.97 Å². The van der Waals surface area contributed by atoms with Crippen molar-refractivity contribution in [3.8, 4) is 23.0 Å². The topological polar surface area (TPSA) is 52.1 Å². The van der Waals surface area contributed by atoms with Gasteiger partial charge in [0.15, 0.2) is 5.78 Å². The second-order valence-electron chi connectivity index (χ2n) is 6.18. The zero-order valence-corrected chi connectivity index (χ0v) is 17.2. The van der Waals surface area contributed by atoms with Crippen molar-refractivity contribution in [3.05, 3.63) is 81.8 Å². The molecule has 0 bridgehead atoms. The molecule has 0 aliphatic rings. The van der Waals surface area contributed by atoms with Crippen molar-refractivity contribution in [3.63, 3.8) is 0 Å². The van der Waals surface area contributed by atoms with Crippen LogP contribution in [0.15, 0.2) is 71.2 Å². The summed E-state index contributed by atoms with van der Waals surface area (Å²) < 4.78 is 6.80. The van der Waals surface area contributed by atoms with Crippen LogP contribution in [0.4, 0.5) is 0 Å². The Labute approximate surface area is 175 Å². The first-order valence-electron chi connectivity index (χ1n) is 8.52. The van der Waals surface area contributed by atoms with Crippen LogP contribution in [-0.2, 0) is 0 Å². The number of ketones is 1. The number of carbonyl (C=O) groups excluding carboxylic acids is 1. The number of carbonyl (C=O) groups is 1. The number of rotatable bonds is 4. The van der Waals surface area contributed by atoms with E-state index in [1.54, 1.807) is 24.3 Å². The third kappa shape index (κ3) is 3.77. The average Bonchev–Trinajstić information content (AvgIpc) is 2.68. The molecule has 138 valence electrons. The number of halogens is 2. The van der Waals surface area contributed by atoms with Crippen molar-refractivity contribution in [2.75, 3.05) is 0 Å². The molecular formula is C22H14BrClN2O2. The molecular weight excluding hydrogens is 440 g/mol. The third-order valence-corrected chi connectivity index (χ3v) is 5.04. The fourth-order valence-electron chi connectivity index (χ4n) is 2.87. The van der Waals surface area contributed by atoms with E-state index in [2.05, 4.69) is 25.9 Å². The molecule has 1 aromatic heterocycles. The Morgan fingerprint density at radius 1 is 1.00 bits per heavy atom. The molecule has 28 heavy (non-hydrogen) atoms. The Kier molecular flexibility index (Phi) is 5.11. The predicted octanol–water partition coefficient (Wildman–Crippen LogP) is 6.71. The molecule has 0 unspecified atom stereocenters. The van der Waals surface area contributed by atoms with Gasteiger partial charge in [-0.1, -0.05) is 57.9 Å². The molecule has 4 rings (SSSR count). The maximum atomic E-state index is 11.6. The highest BCUT2D eigenvalue weighted by atomic mass is 79.9. The Bertz CT molecular complexity index is 1210. The second-order valence-corrected chi connectivity index (χ2v) is 7.51. The molecule has 0 fully saturated rings. The zero-order valence-electron chi connectivity index (χ0n) is 14.8. The van der Waals surface area contributed by atoms with Crippen molar-refractivity contribution in [2.45, 2.75) is 6.92 Å². The van der Waals surface area contributed by atoms with Crippen molar-refractivity contribution in [1.82, 2.24) is 9.97 Å². The predicted molar refractivity (Wildman–Crippen MR) is 114 cm³/mol. The van der Waals surface area contributed by atoms with Crippen molar-refractivity contribution >= 4 is 44.2 Å². The lowest BCUT2D eigenvalue weighted by molar-refractivity contribution is 0.101. The average molecular weight is 454 g/mol. The number of ether oxygens (including phenoxy) is 1. The molecule has 0 N–H and O–H groups in total. The first kappa shape index (κ1) is 18.6. The molecule has 0 radical (unpaired) electrons. The van der Waals surface area contributed by atoms with Crippen LogP contribution in [-0.4, -0.2) is 15.8 Å². The van der Waals surface area contributed by atoms with Gasteiger partial charge in [-0.05, 0) is 43.3 Å². The van der Waals surface area contributed by atoms with Gasteiger partial charge in [0, 0.05) is 26.0 Å². The lowest BCUT2D eigenvalue weighted by atomic mass is 10.1. The van der Waals surface area contributed by atoms with Crippen LogP contribution in [0.3, 0.4) is 0 Å². The zero-order chi connectivity index (χ0) is 19.7. The summed E-state index contributed by atoms with van der Waals surface area (Å²) in [5.74, 6) is 0.459. The summed E-state index contributed by atoms with van der Waals surface area (Å²) in [4.78, 5) is 20.8. The number of benzene rings is 3. The van der Waals surface area contributed by atoms with Gasteiger partial charge < -0.3 is 4.74 Å². The van der Waals surface area contributed by atoms with E-state index in [-0.39, 0.29) is 11.8 Å². The minimum Gasteiger partial charge on any atom is -0.424 e. The lowest BCUT2D eigenvalue weighted by Crippen LogP contribution is -1.98. The number of aromatic nitrogens is 2. The lowest BCUT2D eigenvalue weighted by Gasteiger charge is -2.11. The standard InChI is InChI=1S/C22H14BrClN2O2/c1-13(27)14-5-4-6-16(11-14)28-22-25-20-10-9-15(23)12-18(20)21(26-22)17-7-2-3-8-19(17)24/h2-12H,1H3. The van der Waals surface area contributed by atoms with E-state index in [0.29, 0.717) is 22.0 Å². The SMILES string of the molecule is CC(=O)c1cccc(Oc2nc(-c3ccccc3Cl)c3cc(Br)ccc3n2)c1. The highest BCUT2D eigenvalue weighted by Crippen LogP contribution is 2.34. The van der Waals surface area contributed by atoms with Crippen LogP contribution in [0.1, 0.15) is 17.3 Å². The Morgan fingerprint density at radius 2 is 1.82 bits per heavy atom. The Balaban J connectivity index is 1.87. The second kappa shape index (κ2) is 7.70. The third-order valence-electron chi connectivity index (χ3n) is 4.22. The van der Waals surface area contributed by atoms with E-state index >= 15 is 0 Å². The van der Waals surface area contributed by atoms with Gasteiger partial charge in [0.25, 0.3) is 0 Å². The normalized spacial score (nSPS) is 10.8. The molecule has 4 aromatic rings. The fourth-order valence-corrected chi connectivity index (χ4v) is 3.45. The molecule has 4 nitrogen and oxygen atoms in total. The van der Waals surface area contributed by atoms with E-state index in [1.165, 1.54) is 6.92 Å². The summed E-state index contributed by atoms with van der Waals surface area (Å²) in [6, 6.07) is 20.4. The van der Waals surface area contributed by atoms with E-state index in [0.717, 1.165) is 20.9 Å². The molecule has 1 heterocycles. The van der Waals surface area contributed by atoms with Crippen LogP contribution in [0.25, 0.3) is 22.2 Å². The number of fused-ring (bicyclic) bond motifs is 1. The fraction of sp³-hybridized carbons (Fsp3) is 0.0455. The van der Waals surface area contributed by atoms with Crippen LogP contribution in [0.5, 0.6) is 11.8 Å². The van der Waals surface area contributed by atoms with Crippen LogP contribution in [0.2, 0.25) is 5.02 Å². The summed E-state index contributed by atoms with van der Waals surface area (Å²) in [7, 11) is 0. The molecule has 0 amide bonds. The highest BCUT2D eigenvalue weighted by molar-refractivity contribution is 9.10. The number of Topliss-reactive ketones (excluding diaryl/α,β-unsaturated/α-hetero) is 1. The van der Waals surface area contributed by atoms with Crippen molar-refractivity contribution < 1.29 is 9.53 Å². The molecule has 6 heteroatoms.